The lowest BCUT2D eigenvalue weighted by molar-refractivity contribution is -0.255. The lowest BCUT2D eigenvalue weighted by Gasteiger charge is -2.46. The molecule has 0 aliphatic carbocycles. The summed E-state index contributed by atoms with van der Waals surface area (Å²) in [6.45, 7) is 9.40. The number of guanidine groups is 1. The Morgan fingerprint density at radius 3 is 1.32 bits per heavy atom. The number of carbonyl (C=O) groups excluding carboxylic acids is 8. The van der Waals surface area contributed by atoms with Crippen molar-refractivity contribution in [3.8, 4) is 0 Å². The van der Waals surface area contributed by atoms with Gasteiger partial charge in [0.1, 0.15) is 25.4 Å². The van der Waals surface area contributed by atoms with Gasteiger partial charge in [0, 0.05) is 81.6 Å². The molecule has 22 heteroatoms. The fourth-order valence-corrected chi connectivity index (χ4v) is 6.13. The van der Waals surface area contributed by atoms with Crippen LogP contribution < -0.4 is 5.32 Å². The molecule has 56 heavy (non-hydrogen) atoms. The molecule has 0 saturated carbocycles. The Labute approximate surface area is 322 Å². The molecule has 3 rings (SSSR count). The summed E-state index contributed by atoms with van der Waals surface area (Å²) in [5.41, 5.74) is 0. The predicted octanol–water partition coefficient (Wildman–Crippen LogP) is -1.65. The largest absolute Gasteiger partial charge is 0.463 e. The Morgan fingerprint density at radius 2 is 0.893 bits per heavy atom. The molecule has 314 valence electrons. The molecule has 0 aromatic heterocycles. The van der Waals surface area contributed by atoms with Crippen LogP contribution in [0.3, 0.4) is 0 Å². The first-order valence-electron chi connectivity index (χ1n) is 17.6. The highest BCUT2D eigenvalue weighted by Crippen LogP contribution is 2.32. The number of esters is 8. The molecule has 3 fully saturated rings. The molecule has 22 nitrogen and oxygen atoms in total. The summed E-state index contributed by atoms with van der Waals surface area (Å²) in [6.07, 6.45) is -14.8. The summed E-state index contributed by atoms with van der Waals surface area (Å²) in [4.78, 5) is 107. The van der Waals surface area contributed by atoms with Crippen LogP contribution in [0.25, 0.3) is 0 Å². The summed E-state index contributed by atoms with van der Waals surface area (Å²) in [7, 11) is 1.89. The third-order valence-corrected chi connectivity index (χ3v) is 8.28. The molecule has 0 aromatic rings. The molecule has 1 N–H and O–H groups in total. The zero-order valence-electron chi connectivity index (χ0n) is 32.7. The zero-order valence-corrected chi connectivity index (χ0v) is 32.7. The van der Waals surface area contributed by atoms with Gasteiger partial charge < -0.3 is 62.5 Å². The zero-order chi connectivity index (χ0) is 41.9. The number of nitrogens with one attached hydrogen (secondary N) is 1. The Morgan fingerprint density at radius 1 is 0.518 bits per heavy atom. The molecule has 0 spiro atoms. The number of likely N-dealkylation sites (N-methyl/N-ethyl adjacent to an activating group) is 1. The second-order valence-electron chi connectivity index (χ2n) is 13.1. The molecule has 3 saturated heterocycles. The average molecular weight is 803 g/mol. The van der Waals surface area contributed by atoms with E-state index in [1.54, 1.807) is 4.90 Å². The van der Waals surface area contributed by atoms with Gasteiger partial charge >= 0.3 is 47.8 Å². The van der Waals surface area contributed by atoms with E-state index >= 15 is 0 Å². The lowest BCUT2D eigenvalue weighted by Crippen LogP contribution is -2.68. The maximum atomic E-state index is 12.5. The first-order valence-corrected chi connectivity index (χ1v) is 17.6. The summed E-state index contributed by atoms with van der Waals surface area (Å²) >= 11 is 0. The first-order chi connectivity index (χ1) is 26.2. The highest BCUT2D eigenvalue weighted by atomic mass is 16.7. The van der Waals surface area contributed by atoms with Crippen LogP contribution in [0.2, 0.25) is 0 Å². The fraction of sp³-hybridized carbons (Fsp3) is 0.735. The third-order valence-electron chi connectivity index (χ3n) is 8.28. The van der Waals surface area contributed by atoms with Crippen molar-refractivity contribution in [3.63, 3.8) is 0 Å². The summed E-state index contributed by atoms with van der Waals surface area (Å²) in [6, 6.07) is 0. The van der Waals surface area contributed by atoms with Crippen molar-refractivity contribution < 1.29 is 85.7 Å². The van der Waals surface area contributed by atoms with Gasteiger partial charge in [-0.25, -0.2) is 4.99 Å². The quantitative estimate of drug-likeness (QED) is 0.100. The van der Waals surface area contributed by atoms with Crippen LogP contribution in [0.5, 0.6) is 0 Å². The van der Waals surface area contributed by atoms with Gasteiger partial charge in [0.15, 0.2) is 55.0 Å². The van der Waals surface area contributed by atoms with E-state index < -0.39 is 122 Å². The van der Waals surface area contributed by atoms with Crippen LogP contribution in [0.15, 0.2) is 4.99 Å². The van der Waals surface area contributed by atoms with Gasteiger partial charge in [0.05, 0.1) is 0 Å². The lowest BCUT2D eigenvalue weighted by atomic mass is 9.97. The van der Waals surface area contributed by atoms with Crippen molar-refractivity contribution >= 4 is 53.7 Å². The number of rotatable bonds is 12. The Bertz CT molecular complexity index is 1500. The Hall–Kier alpha value is -5.09. The summed E-state index contributed by atoms with van der Waals surface area (Å²) in [5, 5.41) is 3.06. The second-order valence-corrected chi connectivity index (χ2v) is 13.1. The van der Waals surface area contributed by atoms with Crippen LogP contribution >= 0.6 is 0 Å². The van der Waals surface area contributed by atoms with Crippen LogP contribution in [0.1, 0.15) is 55.4 Å². The third kappa shape index (κ3) is 13.6. The van der Waals surface area contributed by atoms with E-state index in [1.807, 2.05) is 11.9 Å². The molecule has 0 amide bonds. The van der Waals surface area contributed by atoms with E-state index in [2.05, 4.69) is 5.32 Å². The van der Waals surface area contributed by atoms with E-state index in [4.69, 9.17) is 52.4 Å². The molecule has 0 bridgehead atoms. The highest BCUT2D eigenvalue weighted by molar-refractivity contribution is 5.81. The van der Waals surface area contributed by atoms with E-state index in [9.17, 15) is 38.4 Å². The SMILES string of the molecule is CC(=O)OC[C@H]1O[C@@H](/N=C(\N[C@@H]2O[C@H](COC(C)=O)[C@@H](OC(C)=O)[C@H](OC(C)=O)[C@H]2OC(C)=O)N2CCN(C)CC2)[C@H](OC(C)=O)[C@@H](OC(C)=O)[C@@H]1OC(C)=O. The monoisotopic (exact) mass is 802 g/mol. The molecule has 0 aromatic carbocycles. The van der Waals surface area contributed by atoms with Gasteiger partial charge in [-0.2, -0.15) is 0 Å². The molecule has 3 heterocycles. The Kier molecular flexibility index (Phi) is 16.8. The molecule has 10 atom stereocenters. The number of ether oxygens (including phenoxy) is 10. The maximum absolute atomic E-state index is 12.5. The van der Waals surface area contributed by atoms with Crippen molar-refractivity contribution in [1.82, 2.24) is 15.1 Å². The molecule has 3 aliphatic rings. The standard InChI is InChI=1S/C34H50N4O18/c1-16(39)47-14-24-26(49-18(3)41)28(51-20(5)43)30(53-22(7)45)32(55-24)35-34(38-12-10-37(9)11-13-38)36-33-31(54-23(8)46)29(52-21(6)44)27(50-19(4)42)25(56-33)15-48-17(2)40/h24-33H,10-15H2,1-9H3,(H,35,36)/t24-,25-,26-,27-,28+,29+,30-,31-,32-,33-/m1/s1. The number of nitrogens with zero attached hydrogens (tertiary/aromatic N) is 3. The number of piperazine rings is 1. The van der Waals surface area contributed by atoms with Crippen molar-refractivity contribution in [2.75, 3.05) is 46.4 Å². The van der Waals surface area contributed by atoms with Crippen molar-refractivity contribution in [2.24, 2.45) is 4.99 Å². The maximum Gasteiger partial charge on any atom is 0.303 e. The first kappa shape index (κ1) is 45.3. The predicted molar refractivity (Wildman–Crippen MR) is 184 cm³/mol. The number of hydrogen-bond donors (Lipinski definition) is 1. The minimum atomic E-state index is -1.58. The number of hydrogen-bond acceptors (Lipinski definition) is 20. The van der Waals surface area contributed by atoms with Crippen LogP contribution in [0.4, 0.5) is 0 Å². The summed E-state index contributed by atoms with van der Waals surface area (Å²) in [5.74, 6) is -6.52. The van der Waals surface area contributed by atoms with Crippen molar-refractivity contribution in [3.05, 3.63) is 0 Å². The van der Waals surface area contributed by atoms with Gasteiger partial charge in [0.25, 0.3) is 0 Å². The number of carbonyl (C=O) groups is 8. The molecular weight excluding hydrogens is 752 g/mol. The van der Waals surface area contributed by atoms with E-state index in [0.29, 0.717) is 26.2 Å². The van der Waals surface area contributed by atoms with Gasteiger partial charge in [-0.05, 0) is 7.05 Å². The van der Waals surface area contributed by atoms with Gasteiger partial charge in [-0.15, -0.1) is 0 Å². The topological polar surface area (TPSA) is 260 Å². The smallest absolute Gasteiger partial charge is 0.303 e. The van der Waals surface area contributed by atoms with Crippen LogP contribution in [0, 0.1) is 0 Å². The Balaban J connectivity index is 2.24. The second kappa shape index (κ2) is 20.7. The van der Waals surface area contributed by atoms with E-state index in [-0.39, 0.29) is 5.96 Å². The van der Waals surface area contributed by atoms with Gasteiger partial charge in [-0.1, -0.05) is 0 Å². The highest BCUT2D eigenvalue weighted by Gasteiger charge is 2.55. The van der Waals surface area contributed by atoms with Crippen LogP contribution in [-0.2, 0) is 85.7 Å². The minimum Gasteiger partial charge on any atom is -0.463 e. The van der Waals surface area contributed by atoms with Crippen molar-refractivity contribution in [1.29, 1.82) is 0 Å². The molecule has 0 unspecified atom stereocenters. The molecule has 3 aliphatic heterocycles. The van der Waals surface area contributed by atoms with E-state index in [1.165, 1.54) is 0 Å². The summed E-state index contributed by atoms with van der Waals surface area (Å²) < 4.78 is 56.1. The minimum absolute atomic E-state index is 0.0418. The van der Waals surface area contributed by atoms with Gasteiger partial charge in [-0.3, -0.25) is 38.4 Å². The molecular formula is C34H50N4O18. The number of aliphatic imine (C=N–C) groups is 1. The van der Waals surface area contributed by atoms with Crippen LogP contribution in [-0.4, -0.2) is 171 Å². The van der Waals surface area contributed by atoms with Gasteiger partial charge in [0.2, 0.25) is 0 Å². The van der Waals surface area contributed by atoms with E-state index in [0.717, 1.165) is 55.4 Å². The normalized spacial score (nSPS) is 29.4. The average Bonchev–Trinajstić information content (AvgIpc) is 3.07. The fourth-order valence-electron chi connectivity index (χ4n) is 6.13. The molecule has 0 radical (unpaired) electrons. The van der Waals surface area contributed by atoms with Crippen molar-refractivity contribution in [2.45, 2.75) is 117 Å².